The Labute approximate surface area is 133 Å². The Hall–Kier alpha value is -2.89. The number of amides is 1. The maximum atomic E-state index is 12.5. The molecule has 0 radical (unpaired) electrons. The molecule has 0 spiro atoms. The van der Waals surface area contributed by atoms with Crippen LogP contribution in [0.1, 0.15) is 12.5 Å². The number of fused-ring (bicyclic) bond motifs is 1. The van der Waals surface area contributed by atoms with E-state index in [1.165, 1.54) is 12.1 Å². The van der Waals surface area contributed by atoms with Gasteiger partial charge >= 0.3 is 5.69 Å². The van der Waals surface area contributed by atoms with E-state index in [4.69, 9.17) is 4.74 Å². The Bertz CT molecular complexity index is 760. The zero-order valence-electron chi connectivity index (χ0n) is 12.6. The van der Waals surface area contributed by atoms with E-state index in [-0.39, 0.29) is 30.0 Å². The number of carbonyl (C=O) groups is 1. The third-order valence-corrected chi connectivity index (χ3v) is 3.89. The summed E-state index contributed by atoms with van der Waals surface area (Å²) in [7, 11) is 0. The molecule has 0 N–H and O–H groups in total. The number of para-hydroxylation sites is 3. The van der Waals surface area contributed by atoms with Crippen LogP contribution in [0.3, 0.4) is 0 Å². The molecule has 2 aromatic carbocycles. The van der Waals surface area contributed by atoms with E-state index in [1.54, 1.807) is 17.0 Å². The summed E-state index contributed by atoms with van der Waals surface area (Å²) in [4.78, 5) is 24.7. The van der Waals surface area contributed by atoms with Crippen molar-refractivity contribution in [2.45, 2.75) is 19.4 Å². The molecule has 1 amide bonds. The minimum absolute atomic E-state index is 0.0502. The number of hydrogen-bond donors (Lipinski definition) is 0. The molecule has 0 fully saturated rings. The van der Waals surface area contributed by atoms with Gasteiger partial charge in [-0.25, -0.2) is 0 Å². The Morgan fingerprint density at radius 3 is 2.74 bits per heavy atom. The van der Waals surface area contributed by atoms with Crippen molar-refractivity contribution < 1.29 is 14.5 Å². The van der Waals surface area contributed by atoms with Gasteiger partial charge in [-0.1, -0.05) is 30.3 Å². The standard InChI is InChI=1S/C17H16N2O4/c1-12-10-13-6-2-3-7-14(13)18(12)17(20)11-23-16-9-5-4-8-15(16)19(21)22/h2-9,12H,10-11H2,1H3. The maximum Gasteiger partial charge on any atom is 0.310 e. The molecular formula is C17H16N2O4. The van der Waals surface area contributed by atoms with Crippen molar-refractivity contribution >= 4 is 17.3 Å². The number of anilines is 1. The molecule has 118 valence electrons. The highest BCUT2D eigenvalue weighted by molar-refractivity contribution is 5.97. The van der Waals surface area contributed by atoms with Crippen LogP contribution in [-0.4, -0.2) is 23.5 Å². The van der Waals surface area contributed by atoms with Crippen molar-refractivity contribution in [3.8, 4) is 5.75 Å². The lowest BCUT2D eigenvalue weighted by atomic mass is 10.1. The van der Waals surface area contributed by atoms with Crippen molar-refractivity contribution in [2.24, 2.45) is 0 Å². The highest BCUT2D eigenvalue weighted by Crippen LogP contribution is 2.32. The summed E-state index contributed by atoms with van der Waals surface area (Å²) in [5.74, 6) is -0.105. The number of hydrogen-bond acceptors (Lipinski definition) is 4. The van der Waals surface area contributed by atoms with Gasteiger partial charge in [0.2, 0.25) is 0 Å². The number of nitrogens with zero attached hydrogens (tertiary/aromatic N) is 2. The van der Waals surface area contributed by atoms with E-state index < -0.39 is 4.92 Å². The van der Waals surface area contributed by atoms with Crippen molar-refractivity contribution in [3.05, 3.63) is 64.2 Å². The molecule has 1 atom stereocenters. The molecule has 3 rings (SSSR count). The number of carbonyl (C=O) groups excluding carboxylic acids is 1. The molecule has 0 saturated carbocycles. The average Bonchev–Trinajstić information content (AvgIpc) is 2.88. The van der Waals surface area contributed by atoms with Crippen LogP contribution in [0.4, 0.5) is 11.4 Å². The fourth-order valence-corrected chi connectivity index (χ4v) is 2.88. The molecule has 2 aromatic rings. The van der Waals surface area contributed by atoms with Gasteiger partial charge in [-0.05, 0) is 31.0 Å². The van der Waals surface area contributed by atoms with Gasteiger partial charge in [0.25, 0.3) is 5.91 Å². The van der Waals surface area contributed by atoms with E-state index in [2.05, 4.69) is 0 Å². The van der Waals surface area contributed by atoms with Crippen LogP contribution in [0, 0.1) is 10.1 Å². The van der Waals surface area contributed by atoms with Gasteiger partial charge in [-0.15, -0.1) is 0 Å². The summed E-state index contributed by atoms with van der Waals surface area (Å²) in [6, 6.07) is 13.8. The van der Waals surface area contributed by atoms with Crippen molar-refractivity contribution in [3.63, 3.8) is 0 Å². The van der Waals surface area contributed by atoms with Gasteiger partial charge in [0.15, 0.2) is 12.4 Å². The highest BCUT2D eigenvalue weighted by atomic mass is 16.6. The Morgan fingerprint density at radius 2 is 1.96 bits per heavy atom. The minimum atomic E-state index is -0.520. The second-order valence-corrected chi connectivity index (χ2v) is 5.46. The molecule has 1 aliphatic rings. The number of nitro groups is 1. The van der Waals surface area contributed by atoms with E-state index in [1.807, 2.05) is 31.2 Å². The number of ether oxygens (including phenoxy) is 1. The summed E-state index contributed by atoms with van der Waals surface area (Å²) in [5, 5.41) is 11.0. The van der Waals surface area contributed by atoms with Crippen LogP contribution in [0.2, 0.25) is 0 Å². The van der Waals surface area contributed by atoms with Gasteiger partial charge in [0.05, 0.1) is 4.92 Å². The van der Waals surface area contributed by atoms with Gasteiger partial charge in [-0.3, -0.25) is 14.9 Å². The lowest BCUT2D eigenvalue weighted by Gasteiger charge is -2.22. The molecule has 1 heterocycles. The second kappa shape index (κ2) is 6.08. The molecule has 0 aliphatic carbocycles. The summed E-state index contributed by atoms with van der Waals surface area (Å²) in [6.07, 6.45) is 0.799. The molecule has 6 nitrogen and oxygen atoms in total. The quantitative estimate of drug-likeness (QED) is 0.642. The molecular weight excluding hydrogens is 296 g/mol. The molecule has 6 heteroatoms. The van der Waals surface area contributed by atoms with Gasteiger partial charge in [-0.2, -0.15) is 0 Å². The third kappa shape index (κ3) is 2.88. The van der Waals surface area contributed by atoms with E-state index in [9.17, 15) is 14.9 Å². The van der Waals surface area contributed by atoms with Crippen molar-refractivity contribution in [2.75, 3.05) is 11.5 Å². The lowest BCUT2D eigenvalue weighted by molar-refractivity contribution is -0.385. The van der Waals surface area contributed by atoms with Crippen molar-refractivity contribution in [1.29, 1.82) is 0 Å². The predicted octanol–water partition coefficient (Wildman–Crippen LogP) is 2.95. The Morgan fingerprint density at radius 1 is 1.26 bits per heavy atom. The third-order valence-electron chi connectivity index (χ3n) is 3.89. The van der Waals surface area contributed by atoms with Crippen LogP contribution < -0.4 is 9.64 Å². The number of benzene rings is 2. The molecule has 1 aliphatic heterocycles. The van der Waals surface area contributed by atoms with Crippen LogP contribution in [-0.2, 0) is 11.2 Å². The fourth-order valence-electron chi connectivity index (χ4n) is 2.88. The molecule has 0 bridgehead atoms. The van der Waals surface area contributed by atoms with Crippen LogP contribution in [0.15, 0.2) is 48.5 Å². The van der Waals surface area contributed by atoms with Crippen LogP contribution >= 0.6 is 0 Å². The van der Waals surface area contributed by atoms with Crippen LogP contribution in [0.5, 0.6) is 5.75 Å². The Kier molecular flexibility index (Phi) is 3.97. The van der Waals surface area contributed by atoms with E-state index >= 15 is 0 Å². The zero-order chi connectivity index (χ0) is 16.4. The van der Waals surface area contributed by atoms with E-state index in [0.717, 1.165) is 17.7 Å². The first-order valence-corrected chi connectivity index (χ1v) is 7.34. The summed E-state index contributed by atoms with van der Waals surface area (Å²) in [6.45, 7) is 1.74. The molecule has 0 saturated heterocycles. The number of nitro benzene ring substituents is 1. The molecule has 1 unspecified atom stereocenters. The summed E-state index contributed by atoms with van der Waals surface area (Å²) >= 11 is 0. The normalized spacial score (nSPS) is 16.0. The molecule has 0 aromatic heterocycles. The largest absolute Gasteiger partial charge is 0.477 e. The van der Waals surface area contributed by atoms with Gasteiger partial charge in [0.1, 0.15) is 0 Å². The second-order valence-electron chi connectivity index (χ2n) is 5.46. The predicted molar refractivity (Wildman–Crippen MR) is 85.7 cm³/mol. The summed E-state index contributed by atoms with van der Waals surface area (Å²) in [5.41, 5.74) is 1.87. The smallest absolute Gasteiger partial charge is 0.310 e. The highest BCUT2D eigenvalue weighted by Gasteiger charge is 2.31. The fraction of sp³-hybridized carbons (Fsp3) is 0.235. The first kappa shape index (κ1) is 15.0. The first-order valence-electron chi connectivity index (χ1n) is 7.34. The van der Waals surface area contributed by atoms with Crippen molar-refractivity contribution in [1.82, 2.24) is 0 Å². The van der Waals surface area contributed by atoms with Gasteiger partial charge < -0.3 is 9.64 Å². The first-order chi connectivity index (χ1) is 11.1. The minimum Gasteiger partial charge on any atom is -0.477 e. The van der Waals surface area contributed by atoms with E-state index in [0.29, 0.717) is 0 Å². The summed E-state index contributed by atoms with van der Waals surface area (Å²) < 4.78 is 5.40. The zero-order valence-corrected chi connectivity index (χ0v) is 12.6. The lowest BCUT2D eigenvalue weighted by Crippen LogP contribution is -2.39. The Balaban J connectivity index is 1.75. The number of rotatable bonds is 4. The van der Waals surface area contributed by atoms with Crippen LogP contribution in [0.25, 0.3) is 0 Å². The SMILES string of the molecule is CC1Cc2ccccc2N1C(=O)COc1ccccc1[N+](=O)[O-]. The maximum absolute atomic E-state index is 12.5. The molecule has 23 heavy (non-hydrogen) atoms. The average molecular weight is 312 g/mol. The topological polar surface area (TPSA) is 72.7 Å². The van der Waals surface area contributed by atoms with Gasteiger partial charge in [0, 0.05) is 17.8 Å². The monoisotopic (exact) mass is 312 g/mol.